The Morgan fingerprint density at radius 3 is 2.62 bits per heavy atom. The van der Waals surface area contributed by atoms with Gasteiger partial charge in [-0.1, -0.05) is 17.4 Å². The molecule has 3 heterocycles. The first-order valence-electron chi connectivity index (χ1n) is 10.3. The number of amides is 1. The van der Waals surface area contributed by atoms with E-state index in [9.17, 15) is 22.4 Å². The molecule has 1 aliphatic heterocycles. The highest BCUT2D eigenvalue weighted by Gasteiger charge is 2.43. The molecule has 1 atom stereocenters. The average molecular weight is 498 g/mol. The standard InChI is InChI=1S/C21H23F4N7OS/c1-20(27)6-7-32(10-21(24,25)9-20)19-13(8-28-31(19)2)29-17(33)15-16(26)34-18(30-15)14-11(22)4-3-5-12(14)23/h3-5,8H,6-7,9-10,26-27H2,1-2H3,(H,29,33)/t20-/m0/s1. The van der Waals surface area contributed by atoms with Gasteiger partial charge in [-0.25, -0.2) is 22.5 Å². The number of halogens is 4. The van der Waals surface area contributed by atoms with Gasteiger partial charge in [0, 0.05) is 25.6 Å². The lowest BCUT2D eigenvalue weighted by Crippen LogP contribution is -2.42. The minimum atomic E-state index is -3.05. The number of benzene rings is 1. The van der Waals surface area contributed by atoms with Crippen molar-refractivity contribution in [2.75, 3.05) is 29.0 Å². The molecule has 0 aliphatic carbocycles. The number of carbonyl (C=O) groups excluding carboxylic acids is 1. The number of nitrogens with zero attached hydrogens (tertiary/aromatic N) is 4. The highest BCUT2D eigenvalue weighted by atomic mass is 32.1. The van der Waals surface area contributed by atoms with Crippen molar-refractivity contribution in [3.05, 3.63) is 41.7 Å². The average Bonchev–Trinajstić information content (AvgIpc) is 3.23. The molecule has 4 rings (SSSR count). The molecule has 2 aromatic heterocycles. The zero-order chi connectivity index (χ0) is 24.8. The Bertz CT molecular complexity index is 1220. The Labute approximate surface area is 196 Å². The van der Waals surface area contributed by atoms with E-state index in [-0.39, 0.29) is 33.8 Å². The number of anilines is 3. The van der Waals surface area contributed by atoms with Gasteiger partial charge >= 0.3 is 0 Å². The highest BCUT2D eigenvalue weighted by Crippen LogP contribution is 2.37. The molecule has 13 heteroatoms. The summed E-state index contributed by atoms with van der Waals surface area (Å²) in [5.74, 6) is -5.24. The van der Waals surface area contributed by atoms with E-state index in [1.807, 2.05) is 0 Å². The molecule has 0 radical (unpaired) electrons. The van der Waals surface area contributed by atoms with Crippen LogP contribution in [0.15, 0.2) is 24.4 Å². The first-order chi connectivity index (χ1) is 15.9. The number of alkyl halides is 2. The van der Waals surface area contributed by atoms with Crippen LogP contribution < -0.4 is 21.7 Å². The van der Waals surface area contributed by atoms with Crippen molar-refractivity contribution in [1.82, 2.24) is 14.8 Å². The third kappa shape index (κ3) is 4.71. The summed E-state index contributed by atoms with van der Waals surface area (Å²) in [6, 6.07) is 3.35. The monoisotopic (exact) mass is 497 g/mol. The van der Waals surface area contributed by atoms with Crippen molar-refractivity contribution in [3.63, 3.8) is 0 Å². The van der Waals surface area contributed by atoms with Crippen molar-refractivity contribution in [1.29, 1.82) is 0 Å². The van der Waals surface area contributed by atoms with Gasteiger partial charge in [0.15, 0.2) is 11.5 Å². The summed E-state index contributed by atoms with van der Waals surface area (Å²) in [6.45, 7) is 1.20. The number of nitrogen functional groups attached to an aromatic ring is 1. The van der Waals surface area contributed by atoms with Gasteiger partial charge in [0.2, 0.25) is 0 Å². The van der Waals surface area contributed by atoms with Crippen molar-refractivity contribution in [3.8, 4) is 10.6 Å². The first-order valence-corrected chi connectivity index (χ1v) is 11.1. The molecule has 0 saturated carbocycles. The molecule has 3 aromatic rings. The van der Waals surface area contributed by atoms with Crippen LogP contribution in [0.25, 0.3) is 10.6 Å². The smallest absolute Gasteiger partial charge is 0.277 e. The fraction of sp³-hybridized carbons (Fsp3) is 0.381. The predicted octanol–water partition coefficient (Wildman–Crippen LogP) is 3.61. The Kier molecular flexibility index (Phi) is 6.02. The number of nitrogens with one attached hydrogen (secondary N) is 1. The SMILES string of the molecule is Cn1ncc(NC(=O)c2nc(-c3c(F)cccc3F)sc2N)c1N1CC[C@](C)(N)CC(F)(F)C1. The summed E-state index contributed by atoms with van der Waals surface area (Å²) in [4.78, 5) is 18.4. The molecule has 1 saturated heterocycles. The molecule has 1 aliphatic rings. The molecule has 0 spiro atoms. The van der Waals surface area contributed by atoms with E-state index in [1.54, 1.807) is 14.0 Å². The van der Waals surface area contributed by atoms with Gasteiger partial charge in [-0.3, -0.25) is 9.48 Å². The van der Waals surface area contributed by atoms with E-state index in [0.717, 1.165) is 23.5 Å². The van der Waals surface area contributed by atoms with Crippen molar-refractivity contribution in [2.24, 2.45) is 12.8 Å². The molecule has 0 bridgehead atoms. The number of aryl methyl sites for hydroxylation is 1. The minimum Gasteiger partial charge on any atom is -0.389 e. The Morgan fingerprint density at radius 2 is 1.94 bits per heavy atom. The van der Waals surface area contributed by atoms with Gasteiger partial charge in [-0.15, -0.1) is 0 Å². The number of nitrogens with two attached hydrogens (primary N) is 2. The van der Waals surface area contributed by atoms with Gasteiger partial charge in [-0.05, 0) is 25.5 Å². The molecule has 34 heavy (non-hydrogen) atoms. The van der Waals surface area contributed by atoms with Crippen LogP contribution in [0.2, 0.25) is 0 Å². The second kappa shape index (κ2) is 8.55. The van der Waals surface area contributed by atoms with Gasteiger partial charge in [0.25, 0.3) is 11.8 Å². The lowest BCUT2D eigenvalue weighted by molar-refractivity contribution is -0.0116. The van der Waals surface area contributed by atoms with Crippen molar-refractivity contribution >= 4 is 33.8 Å². The molecular formula is C21H23F4N7OS. The van der Waals surface area contributed by atoms with Crippen LogP contribution in [0.4, 0.5) is 34.1 Å². The number of hydrogen-bond donors (Lipinski definition) is 3. The number of aromatic nitrogens is 3. The fourth-order valence-electron chi connectivity index (χ4n) is 4.04. The van der Waals surface area contributed by atoms with Gasteiger partial charge < -0.3 is 21.7 Å². The van der Waals surface area contributed by atoms with E-state index in [0.29, 0.717) is 6.42 Å². The van der Waals surface area contributed by atoms with Crippen LogP contribution in [0, 0.1) is 11.6 Å². The maximum atomic E-state index is 14.5. The normalized spacial score (nSPS) is 20.3. The van der Waals surface area contributed by atoms with E-state index in [1.165, 1.54) is 21.8 Å². The molecule has 5 N–H and O–H groups in total. The largest absolute Gasteiger partial charge is 0.389 e. The fourth-order valence-corrected chi connectivity index (χ4v) is 4.92. The molecule has 0 unspecified atom stereocenters. The topological polar surface area (TPSA) is 115 Å². The third-order valence-corrected chi connectivity index (χ3v) is 6.44. The summed E-state index contributed by atoms with van der Waals surface area (Å²) in [7, 11) is 1.56. The maximum absolute atomic E-state index is 14.5. The Hall–Kier alpha value is -3.19. The van der Waals surface area contributed by atoms with Gasteiger partial charge in [0.05, 0.1) is 18.3 Å². The number of rotatable bonds is 4. The van der Waals surface area contributed by atoms with Gasteiger partial charge in [0.1, 0.15) is 27.3 Å². The molecule has 8 nitrogen and oxygen atoms in total. The highest BCUT2D eigenvalue weighted by molar-refractivity contribution is 7.19. The second-order valence-electron chi connectivity index (χ2n) is 8.65. The zero-order valence-corrected chi connectivity index (χ0v) is 19.2. The summed E-state index contributed by atoms with van der Waals surface area (Å²) in [5, 5.41) is 6.52. The lowest BCUT2D eigenvalue weighted by atomic mass is 9.93. The van der Waals surface area contributed by atoms with E-state index >= 15 is 0 Å². The van der Waals surface area contributed by atoms with Crippen LogP contribution in [0.5, 0.6) is 0 Å². The van der Waals surface area contributed by atoms with Crippen LogP contribution in [-0.2, 0) is 7.05 Å². The van der Waals surface area contributed by atoms with Crippen molar-refractivity contribution < 1.29 is 22.4 Å². The summed E-state index contributed by atoms with van der Waals surface area (Å²) in [5.41, 5.74) is 10.4. The quantitative estimate of drug-likeness (QED) is 0.475. The minimum absolute atomic E-state index is 0.0548. The van der Waals surface area contributed by atoms with E-state index in [4.69, 9.17) is 11.5 Å². The van der Waals surface area contributed by atoms with E-state index < -0.39 is 47.5 Å². The number of carbonyl (C=O) groups is 1. The zero-order valence-electron chi connectivity index (χ0n) is 18.4. The first kappa shape index (κ1) is 24.0. The third-order valence-electron chi connectivity index (χ3n) is 5.54. The van der Waals surface area contributed by atoms with Crippen LogP contribution in [0.1, 0.15) is 30.3 Å². The van der Waals surface area contributed by atoms with Crippen LogP contribution in [0.3, 0.4) is 0 Å². The molecule has 1 amide bonds. The summed E-state index contributed by atoms with van der Waals surface area (Å²) >= 11 is 0.756. The Balaban J connectivity index is 1.62. The van der Waals surface area contributed by atoms with Crippen LogP contribution in [-0.4, -0.2) is 45.2 Å². The summed E-state index contributed by atoms with van der Waals surface area (Å²) in [6.07, 6.45) is 1.15. The van der Waals surface area contributed by atoms with E-state index in [2.05, 4.69) is 15.4 Å². The van der Waals surface area contributed by atoms with Crippen molar-refractivity contribution in [2.45, 2.75) is 31.2 Å². The second-order valence-corrected chi connectivity index (χ2v) is 9.68. The van der Waals surface area contributed by atoms with Crippen LogP contribution >= 0.6 is 11.3 Å². The maximum Gasteiger partial charge on any atom is 0.277 e. The number of thiazole rings is 1. The molecule has 182 valence electrons. The predicted molar refractivity (Wildman–Crippen MR) is 122 cm³/mol. The summed E-state index contributed by atoms with van der Waals surface area (Å²) < 4.78 is 58.7. The number of hydrogen-bond acceptors (Lipinski definition) is 7. The molecule has 1 fully saturated rings. The van der Waals surface area contributed by atoms with Gasteiger partial charge in [-0.2, -0.15) is 5.10 Å². The molecule has 1 aromatic carbocycles. The lowest BCUT2D eigenvalue weighted by Gasteiger charge is -2.27. The Morgan fingerprint density at radius 1 is 1.26 bits per heavy atom. The molecular weight excluding hydrogens is 474 g/mol.